The SMILES string of the molecule is Cn1c(C(C)(C)O)cc2cc(-c3ccccc3Oc3ccc(CCC4CCNCC4)cn3)[nH]c2c1=O. The molecule has 0 saturated carbocycles. The van der Waals surface area contributed by atoms with Crippen LogP contribution in [0.5, 0.6) is 11.6 Å². The lowest BCUT2D eigenvalue weighted by molar-refractivity contribution is 0.0699. The maximum absolute atomic E-state index is 13.0. The van der Waals surface area contributed by atoms with Crippen LogP contribution >= 0.6 is 0 Å². The van der Waals surface area contributed by atoms with Crippen LogP contribution in [0, 0.1) is 5.92 Å². The van der Waals surface area contributed by atoms with Crippen LogP contribution in [0.1, 0.15) is 44.4 Å². The molecule has 1 aliphatic heterocycles. The number of aliphatic hydroxyl groups is 1. The predicted molar refractivity (Wildman–Crippen MR) is 142 cm³/mol. The molecule has 4 heterocycles. The van der Waals surface area contributed by atoms with Gasteiger partial charge >= 0.3 is 0 Å². The Bertz CT molecular complexity index is 1410. The Morgan fingerprint density at radius 3 is 2.64 bits per heavy atom. The van der Waals surface area contributed by atoms with Gasteiger partial charge in [-0.15, -0.1) is 0 Å². The molecule has 0 spiro atoms. The summed E-state index contributed by atoms with van der Waals surface area (Å²) in [5, 5.41) is 14.7. The summed E-state index contributed by atoms with van der Waals surface area (Å²) in [7, 11) is 1.67. The number of nitrogens with one attached hydrogen (secondary N) is 2. The smallest absolute Gasteiger partial charge is 0.274 e. The van der Waals surface area contributed by atoms with Gasteiger partial charge in [0.15, 0.2) is 0 Å². The standard InChI is InChI=1S/C29H34N4O3/c1-29(2,35)25-17-21-16-23(32-27(21)28(34)33(25)3)22-6-4-5-7-24(22)36-26-11-10-20(18-31-26)9-8-19-12-14-30-15-13-19/h4-7,10-11,16-19,30,32,35H,8-9,12-15H2,1-3H3. The van der Waals surface area contributed by atoms with Crippen LogP contribution in [0.4, 0.5) is 0 Å². The topological polar surface area (TPSA) is 92.2 Å². The first-order chi connectivity index (χ1) is 17.3. The molecule has 1 aromatic carbocycles. The number of aromatic amines is 1. The van der Waals surface area contributed by atoms with Crippen LogP contribution in [-0.4, -0.2) is 32.7 Å². The molecule has 1 saturated heterocycles. The van der Waals surface area contributed by atoms with Crippen LogP contribution < -0.4 is 15.6 Å². The average molecular weight is 487 g/mol. The van der Waals surface area contributed by atoms with Crippen molar-refractivity contribution in [2.45, 2.75) is 45.1 Å². The molecule has 1 aliphatic rings. The van der Waals surface area contributed by atoms with Crippen LogP contribution in [0.2, 0.25) is 0 Å². The molecule has 0 amide bonds. The van der Waals surface area contributed by atoms with E-state index in [1.807, 2.05) is 48.7 Å². The van der Waals surface area contributed by atoms with Crippen molar-refractivity contribution in [2.75, 3.05) is 13.1 Å². The third kappa shape index (κ3) is 5.08. The van der Waals surface area contributed by atoms with Crippen molar-refractivity contribution < 1.29 is 9.84 Å². The normalized spacial score (nSPS) is 14.9. The summed E-state index contributed by atoms with van der Waals surface area (Å²) < 4.78 is 7.67. The zero-order chi connectivity index (χ0) is 25.3. The Balaban J connectivity index is 1.38. The number of piperidine rings is 1. The molecule has 0 aliphatic carbocycles. The lowest BCUT2D eigenvalue weighted by Crippen LogP contribution is -2.29. The monoisotopic (exact) mass is 486 g/mol. The van der Waals surface area contributed by atoms with E-state index in [0.717, 1.165) is 42.1 Å². The molecule has 4 aromatic rings. The fourth-order valence-electron chi connectivity index (χ4n) is 5.07. The highest BCUT2D eigenvalue weighted by atomic mass is 16.5. The molecule has 1 fully saturated rings. The lowest BCUT2D eigenvalue weighted by atomic mass is 9.92. The van der Waals surface area contributed by atoms with E-state index in [0.29, 0.717) is 22.8 Å². The second kappa shape index (κ2) is 9.91. The molecule has 0 bridgehead atoms. The van der Waals surface area contributed by atoms with E-state index < -0.39 is 5.60 Å². The average Bonchev–Trinajstić information content (AvgIpc) is 3.30. The summed E-state index contributed by atoms with van der Waals surface area (Å²) in [5.74, 6) is 1.98. The minimum atomic E-state index is -1.13. The number of hydrogen-bond donors (Lipinski definition) is 3. The number of ether oxygens (including phenoxy) is 1. The van der Waals surface area contributed by atoms with Gasteiger partial charge in [-0.2, -0.15) is 0 Å². The van der Waals surface area contributed by atoms with Crippen molar-refractivity contribution in [3.8, 4) is 22.9 Å². The van der Waals surface area contributed by atoms with Gasteiger partial charge < -0.3 is 24.7 Å². The number of pyridine rings is 2. The number of aromatic nitrogens is 3. The minimum Gasteiger partial charge on any atom is -0.438 e. The number of hydrogen-bond acceptors (Lipinski definition) is 5. The fourth-order valence-corrected chi connectivity index (χ4v) is 5.07. The summed E-state index contributed by atoms with van der Waals surface area (Å²) >= 11 is 0. The van der Waals surface area contributed by atoms with Gasteiger partial charge in [-0.3, -0.25) is 4.79 Å². The van der Waals surface area contributed by atoms with Crippen molar-refractivity contribution in [3.63, 3.8) is 0 Å². The molecule has 0 unspecified atom stereocenters. The van der Waals surface area contributed by atoms with Gasteiger partial charge in [-0.25, -0.2) is 4.98 Å². The van der Waals surface area contributed by atoms with Crippen LogP contribution in [-0.2, 0) is 19.1 Å². The number of aryl methyl sites for hydroxylation is 1. The Morgan fingerprint density at radius 2 is 1.92 bits per heavy atom. The van der Waals surface area contributed by atoms with E-state index >= 15 is 0 Å². The molecule has 36 heavy (non-hydrogen) atoms. The maximum Gasteiger partial charge on any atom is 0.274 e. The summed E-state index contributed by atoms with van der Waals surface area (Å²) in [4.78, 5) is 20.8. The van der Waals surface area contributed by atoms with Crippen LogP contribution in [0.25, 0.3) is 22.2 Å². The van der Waals surface area contributed by atoms with Crippen molar-refractivity contribution in [1.82, 2.24) is 19.9 Å². The molecule has 7 heteroatoms. The van der Waals surface area contributed by atoms with Gasteiger partial charge in [0.1, 0.15) is 11.3 Å². The Kier molecular flexibility index (Phi) is 6.69. The molecule has 3 N–H and O–H groups in total. The van der Waals surface area contributed by atoms with E-state index in [1.54, 1.807) is 20.9 Å². The second-order valence-electron chi connectivity index (χ2n) is 10.3. The first kappa shape index (κ1) is 24.3. The number of H-pyrrole nitrogens is 1. The van der Waals surface area contributed by atoms with Crippen molar-refractivity contribution in [1.29, 1.82) is 0 Å². The summed E-state index contributed by atoms with van der Waals surface area (Å²) in [6.07, 6.45) is 6.64. The van der Waals surface area contributed by atoms with Gasteiger partial charge in [0, 0.05) is 30.3 Å². The Labute approximate surface area is 211 Å². The number of benzene rings is 1. The van der Waals surface area contributed by atoms with Crippen molar-refractivity contribution in [3.05, 3.63) is 76.3 Å². The highest BCUT2D eigenvalue weighted by molar-refractivity contribution is 5.87. The number of rotatable bonds is 7. The van der Waals surface area contributed by atoms with Gasteiger partial charge in [0.25, 0.3) is 5.56 Å². The molecular formula is C29H34N4O3. The largest absolute Gasteiger partial charge is 0.438 e. The maximum atomic E-state index is 13.0. The van der Waals surface area contributed by atoms with E-state index in [1.165, 1.54) is 29.4 Å². The zero-order valence-corrected chi connectivity index (χ0v) is 21.2. The van der Waals surface area contributed by atoms with E-state index in [2.05, 4.69) is 21.4 Å². The van der Waals surface area contributed by atoms with Crippen LogP contribution in [0.15, 0.2) is 59.5 Å². The van der Waals surface area contributed by atoms with Gasteiger partial charge in [0.05, 0.1) is 17.0 Å². The second-order valence-corrected chi connectivity index (χ2v) is 10.3. The van der Waals surface area contributed by atoms with Gasteiger partial charge in [0.2, 0.25) is 5.88 Å². The number of fused-ring (bicyclic) bond motifs is 1. The molecule has 0 atom stereocenters. The summed E-state index contributed by atoms with van der Waals surface area (Å²) in [6.45, 7) is 5.60. The van der Waals surface area contributed by atoms with Gasteiger partial charge in [-0.1, -0.05) is 18.2 Å². The molecule has 188 valence electrons. The Morgan fingerprint density at radius 1 is 1.14 bits per heavy atom. The molecule has 3 aromatic heterocycles. The highest BCUT2D eigenvalue weighted by Gasteiger charge is 2.22. The number of nitrogens with zero attached hydrogens (tertiary/aromatic N) is 2. The fraction of sp³-hybridized carbons (Fsp3) is 0.379. The summed E-state index contributed by atoms with van der Waals surface area (Å²) in [5.41, 5.74) is 2.55. The third-order valence-electron chi connectivity index (χ3n) is 7.14. The van der Waals surface area contributed by atoms with Crippen LogP contribution in [0.3, 0.4) is 0 Å². The van der Waals surface area contributed by atoms with E-state index in [-0.39, 0.29) is 5.56 Å². The molecular weight excluding hydrogens is 452 g/mol. The van der Waals surface area contributed by atoms with Crippen molar-refractivity contribution >= 4 is 10.9 Å². The lowest BCUT2D eigenvalue weighted by Gasteiger charge is -2.22. The molecule has 0 radical (unpaired) electrons. The minimum absolute atomic E-state index is 0.184. The third-order valence-corrected chi connectivity index (χ3v) is 7.14. The van der Waals surface area contributed by atoms with E-state index in [9.17, 15) is 9.90 Å². The van der Waals surface area contributed by atoms with Crippen molar-refractivity contribution in [2.24, 2.45) is 13.0 Å². The quantitative estimate of drug-likeness (QED) is 0.346. The predicted octanol–water partition coefficient (Wildman–Crippen LogP) is 4.88. The Hall–Kier alpha value is -3.42. The summed E-state index contributed by atoms with van der Waals surface area (Å²) in [6, 6.07) is 15.5. The van der Waals surface area contributed by atoms with E-state index in [4.69, 9.17) is 4.74 Å². The zero-order valence-electron chi connectivity index (χ0n) is 21.2. The first-order valence-corrected chi connectivity index (χ1v) is 12.7. The van der Waals surface area contributed by atoms with Gasteiger partial charge in [-0.05, 0) is 88.4 Å². The first-order valence-electron chi connectivity index (χ1n) is 12.7. The highest BCUT2D eigenvalue weighted by Crippen LogP contribution is 2.34. The molecule has 5 rings (SSSR count). The number of para-hydroxylation sites is 1. The molecule has 7 nitrogen and oxygen atoms in total.